The highest BCUT2D eigenvalue weighted by atomic mass is 16.5. The van der Waals surface area contributed by atoms with Gasteiger partial charge in [-0.3, -0.25) is 4.98 Å². The van der Waals surface area contributed by atoms with Crippen molar-refractivity contribution in [2.75, 3.05) is 45.2 Å². The zero-order valence-electron chi connectivity index (χ0n) is 10.0. The zero-order valence-corrected chi connectivity index (χ0v) is 10.0. The van der Waals surface area contributed by atoms with Crippen LogP contribution in [0.3, 0.4) is 0 Å². The standard InChI is InChI=1S/C12H19N3O/c1-14-6-3-7-15(9-8-14)11-4-5-13-10-12(11)16-2/h4-5,10H,3,6-9H2,1-2H3. The summed E-state index contributed by atoms with van der Waals surface area (Å²) in [5.74, 6) is 0.868. The molecule has 0 amide bonds. The first kappa shape index (κ1) is 11.2. The fourth-order valence-corrected chi connectivity index (χ4v) is 2.08. The first-order valence-electron chi connectivity index (χ1n) is 5.73. The molecule has 1 aliphatic heterocycles. The number of hydrogen-bond acceptors (Lipinski definition) is 4. The summed E-state index contributed by atoms with van der Waals surface area (Å²) in [6, 6.07) is 2.03. The van der Waals surface area contributed by atoms with Gasteiger partial charge in [0.25, 0.3) is 0 Å². The predicted molar refractivity (Wildman–Crippen MR) is 65.1 cm³/mol. The summed E-state index contributed by atoms with van der Waals surface area (Å²) >= 11 is 0. The molecule has 0 unspecified atom stereocenters. The summed E-state index contributed by atoms with van der Waals surface area (Å²) in [6.07, 6.45) is 4.80. The lowest BCUT2D eigenvalue weighted by molar-refractivity contribution is 0.360. The lowest BCUT2D eigenvalue weighted by Gasteiger charge is -2.24. The molecule has 0 radical (unpaired) electrons. The fraction of sp³-hybridized carbons (Fsp3) is 0.583. The van der Waals surface area contributed by atoms with Crippen LogP contribution < -0.4 is 9.64 Å². The van der Waals surface area contributed by atoms with Crippen molar-refractivity contribution in [2.45, 2.75) is 6.42 Å². The average Bonchev–Trinajstić information content (AvgIpc) is 2.54. The molecule has 1 aromatic rings. The van der Waals surface area contributed by atoms with Crippen LogP contribution in [0.15, 0.2) is 18.5 Å². The molecule has 2 heterocycles. The Morgan fingerprint density at radius 2 is 2.12 bits per heavy atom. The van der Waals surface area contributed by atoms with Crippen molar-refractivity contribution in [2.24, 2.45) is 0 Å². The van der Waals surface area contributed by atoms with Crippen molar-refractivity contribution in [3.05, 3.63) is 18.5 Å². The highest BCUT2D eigenvalue weighted by molar-refractivity contribution is 5.57. The summed E-state index contributed by atoms with van der Waals surface area (Å²) in [6.45, 7) is 4.41. The van der Waals surface area contributed by atoms with E-state index in [1.807, 2.05) is 12.3 Å². The Bertz CT molecular complexity index is 343. The molecule has 1 aliphatic rings. The zero-order chi connectivity index (χ0) is 11.4. The van der Waals surface area contributed by atoms with Gasteiger partial charge >= 0.3 is 0 Å². The van der Waals surface area contributed by atoms with Crippen LogP contribution in [0.4, 0.5) is 5.69 Å². The van der Waals surface area contributed by atoms with Gasteiger partial charge in [-0.2, -0.15) is 0 Å². The second kappa shape index (κ2) is 5.16. The Morgan fingerprint density at radius 3 is 2.94 bits per heavy atom. The number of pyridine rings is 1. The maximum atomic E-state index is 5.35. The number of ether oxygens (including phenoxy) is 1. The van der Waals surface area contributed by atoms with Crippen molar-refractivity contribution in [1.82, 2.24) is 9.88 Å². The van der Waals surface area contributed by atoms with Gasteiger partial charge in [-0.05, 0) is 26.1 Å². The van der Waals surface area contributed by atoms with Crippen LogP contribution >= 0.6 is 0 Å². The van der Waals surface area contributed by atoms with Crippen molar-refractivity contribution < 1.29 is 4.74 Å². The minimum Gasteiger partial charge on any atom is -0.493 e. The fourth-order valence-electron chi connectivity index (χ4n) is 2.08. The van der Waals surface area contributed by atoms with Gasteiger partial charge in [0.1, 0.15) is 0 Å². The number of anilines is 1. The quantitative estimate of drug-likeness (QED) is 0.751. The van der Waals surface area contributed by atoms with E-state index in [4.69, 9.17) is 4.74 Å². The Kier molecular flexibility index (Phi) is 3.62. The monoisotopic (exact) mass is 221 g/mol. The van der Waals surface area contributed by atoms with E-state index in [1.54, 1.807) is 13.3 Å². The smallest absolute Gasteiger partial charge is 0.160 e. The molecule has 1 saturated heterocycles. The number of likely N-dealkylation sites (N-methyl/N-ethyl adjacent to an activating group) is 1. The third-order valence-electron chi connectivity index (χ3n) is 3.04. The molecule has 0 spiro atoms. The van der Waals surface area contributed by atoms with Gasteiger partial charge in [0.2, 0.25) is 0 Å². The second-order valence-corrected chi connectivity index (χ2v) is 4.19. The number of rotatable bonds is 2. The highest BCUT2D eigenvalue weighted by Crippen LogP contribution is 2.27. The van der Waals surface area contributed by atoms with Crippen LogP contribution in [-0.4, -0.2) is 50.2 Å². The molecule has 0 aliphatic carbocycles. The lowest BCUT2D eigenvalue weighted by Crippen LogP contribution is -2.29. The molecule has 88 valence electrons. The predicted octanol–water partition coefficient (Wildman–Crippen LogP) is 1.23. The van der Waals surface area contributed by atoms with E-state index in [0.29, 0.717) is 0 Å². The molecular weight excluding hydrogens is 202 g/mol. The molecule has 0 aromatic carbocycles. The Labute approximate surface area is 96.8 Å². The van der Waals surface area contributed by atoms with Crippen LogP contribution in [0.5, 0.6) is 5.75 Å². The molecule has 2 rings (SSSR count). The summed E-state index contributed by atoms with van der Waals surface area (Å²) in [7, 11) is 3.87. The van der Waals surface area contributed by atoms with E-state index in [2.05, 4.69) is 21.8 Å². The third kappa shape index (κ3) is 2.44. The van der Waals surface area contributed by atoms with Gasteiger partial charge in [-0.15, -0.1) is 0 Å². The largest absolute Gasteiger partial charge is 0.493 e. The molecule has 0 N–H and O–H groups in total. The van der Waals surface area contributed by atoms with E-state index < -0.39 is 0 Å². The van der Waals surface area contributed by atoms with Crippen molar-refractivity contribution in [1.29, 1.82) is 0 Å². The summed E-state index contributed by atoms with van der Waals surface area (Å²) in [5.41, 5.74) is 1.16. The molecule has 4 nitrogen and oxygen atoms in total. The molecular formula is C12H19N3O. The highest BCUT2D eigenvalue weighted by Gasteiger charge is 2.15. The SMILES string of the molecule is COc1cnccc1N1CCCN(C)CC1. The van der Waals surface area contributed by atoms with E-state index in [-0.39, 0.29) is 0 Å². The number of hydrogen-bond donors (Lipinski definition) is 0. The Balaban J connectivity index is 2.16. The van der Waals surface area contributed by atoms with Crippen molar-refractivity contribution >= 4 is 5.69 Å². The molecule has 0 atom stereocenters. The van der Waals surface area contributed by atoms with Gasteiger partial charge in [-0.25, -0.2) is 0 Å². The number of nitrogens with zero attached hydrogens (tertiary/aromatic N) is 3. The maximum absolute atomic E-state index is 5.35. The number of methoxy groups -OCH3 is 1. The first-order chi connectivity index (χ1) is 7.81. The normalized spacial score (nSPS) is 18.2. The number of aromatic nitrogens is 1. The summed E-state index contributed by atoms with van der Waals surface area (Å²) < 4.78 is 5.35. The van der Waals surface area contributed by atoms with E-state index in [9.17, 15) is 0 Å². The van der Waals surface area contributed by atoms with Gasteiger partial charge in [0, 0.05) is 25.8 Å². The van der Waals surface area contributed by atoms with E-state index in [1.165, 1.54) is 13.0 Å². The summed E-state index contributed by atoms with van der Waals surface area (Å²) in [5, 5.41) is 0. The van der Waals surface area contributed by atoms with Crippen LogP contribution in [-0.2, 0) is 0 Å². The van der Waals surface area contributed by atoms with Crippen LogP contribution in [0.1, 0.15) is 6.42 Å². The minimum atomic E-state index is 0.868. The molecule has 4 heteroatoms. The Hall–Kier alpha value is -1.29. The third-order valence-corrected chi connectivity index (χ3v) is 3.04. The molecule has 0 saturated carbocycles. The minimum absolute atomic E-state index is 0.868. The van der Waals surface area contributed by atoms with Gasteiger partial charge in [0.15, 0.2) is 5.75 Å². The van der Waals surface area contributed by atoms with Crippen LogP contribution in [0.25, 0.3) is 0 Å². The first-order valence-corrected chi connectivity index (χ1v) is 5.73. The molecule has 1 fully saturated rings. The van der Waals surface area contributed by atoms with E-state index in [0.717, 1.165) is 31.1 Å². The summed E-state index contributed by atoms with van der Waals surface area (Å²) in [4.78, 5) is 8.84. The van der Waals surface area contributed by atoms with Gasteiger partial charge < -0.3 is 14.5 Å². The topological polar surface area (TPSA) is 28.6 Å². The molecule has 16 heavy (non-hydrogen) atoms. The second-order valence-electron chi connectivity index (χ2n) is 4.19. The van der Waals surface area contributed by atoms with Gasteiger partial charge in [0.05, 0.1) is 19.0 Å². The van der Waals surface area contributed by atoms with Gasteiger partial charge in [-0.1, -0.05) is 0 Å². The van der Waals surface area contributed by atoms with Crippen molar-refractivity contribution in [3.63, 3.8) is 0 Å². The average molecular weight is 221 g/mol. The van der Waals surface area contributed by atoms with Crippen LogP contribution in [0.2, 0.25) is 0 Å². The Morgan fingerprint density at radius 1 is 1.25 bits per heavy atom. The molecule has 0 bridgehead atoms. The van der Waals surface area contributed by atoms with Crippen molar-refractivity contribution in [3.8, 4) is 5.75 Å². The lowest BCUT2D eigenvalue weighted by atomic mass is 10.3. The molecule has 1 aromatic heterocycles. The van der Waals surface area contributed by atoms with E-state index >= 15 is 0 Å². The maximum Gasteiger partial charge on any atom is 0.160 e. The van der Waals surface area contributed by atoms with Crippen LogP contribution in [0, 0.1) is 0 Å².